The minimum absolute atomic E-state index is 0.233. The summed E-state index contributed by atoms with van der Waals surface area (Å²) in [6.45, 7) is 2.37. The fourth-order valence-corrected chi connectivity index (χ4v) is 2.16. The number of nitrogens with two attached hydrogens (primary N) is 1. The Hall–Kier alpha value is -1.82. The molecule has 0 aromatic carbocycles. The first-order valence-corrected chi connectivity index (χ1v) is 6.17. The van der Waals surface area contributed by atoms with Gasteiger partial charge in [-0.05, 0) is 24.8 Å². The fraction of sp³-hybridized carbons (Fsp3) is 0.273. The Kier molecular flexibility index (Phi) is 3.43. The molecule has 0 aliphatic carbocycles. The van der Waals surface area contributed by atoms with E-state index in [4.69, 9.17) is 5.73 Å². The molecule has 2 heterocycles. The van der Waals surface area contributed by atoms with E-state index in [9.17, 15) is 4.79 Å². The maximum Gasteiger partial charge on any atom is 0.273 e. The Labute approximate surface area is 103 Å². The van der Waals surface area contributed by atoms with Crippen LogP contribution >= 0.6 is 11.3 Å². The predicted molar refractivity (Wildman–Crippen MR) is 68.1 cm³/mol. The zero-order chi connectivity index (χ0) is 12.3. The third-order valence-electron chi connectivity index (χ3n) is 2.45. The van der Waals surface area contributed by atoms with E-state index in [2.05, 4.69) is 15.5 Å². The van der Waals surface area contributed by atoms with Crippen LogP contribution in [0.15, 0.2) is 17.5 Å². The van der Waals surface area contributed by atoms with Crippen LogP contribution in [0.4, 0.5) is 5.69 Å². The number of hydrogen-bond acceptors (Lipinski definition) is 4. The van der Waals surface area contributed by atoms with Gasteiger partial charge in [-0.15, -0.1) is 11.3 Å². The molecule has 2 aromatic rings. The van der Waals surface area contributed by atoms with Crippen LogP contribution in [-0.2, 0) is 6.42 Å². The molecule has 0 spiro atoms. The van der Waals surface area contributed by atoms with Crippen molar-refractivity contribution < 1.29 is 4.79 Å². The fourth-order valence-electron chi connectivity index (χ4n) is 1.45. The topological polar surface area (TPSA) is 83.8 Å². The van der Waals surface area contributed by atoms with Gasteiger partial charge in [0, 0.05) is 11.4 Å². The summed E-state index contributed by atoms with van der Waals surface area (Å²) in [5, 5.41) is 11.4. The first-order chi connectivity index (χ1) is 8.18. The number of H-pyrrole nitrogens is 1. The summed E-state index contributed by atoms with van der Waals surface area (Å²) < 4.78 is 0. The van der Waals surface area contributed by atoms with Gasteiger partial charge in [-0.3, -0.25) is 9.89 Å². The summed E-state index contributed by atoms with van der Waals surface area (Å²) in [7, 11) is 0. The molecular formula is C11H14N4OS. The van der Waals surface area contributed by atoms with Crippen LogP contribution in [-0.4, -0.2) is 22.6 Å². The minimum atomic E-state index is -0.233. The van der Waals surface area contributed by atoms with Crippen molar-refractivity contribution in [3.8, 4) is 0 Å². The quantitative estimate of drug-likeness (QED) is 0.765. The molecule has 2 aromatic heterocycles. The number of thiophene rings is 1. The van der Waals surface area contributed by atoms with E-state index in [0.29, 0.717) is 17.9 Å². The van der Waals surface area contributed by atoms with Crippen molar-refractivity contribution in [2.75, 3.05) is 12.3 Å². The lowest BCUT2D eigenvalue weighted by Gasteiger charge is -2.02. The second-order valence-corrected chi connectivity index (χ2v) is 4.73. The molecule has 0 radical (unpaired) electrons. The normalized spacial score (nSPS) is 10.4. The lowest BCUT2D eigenvalue weighted by molar-refractivity contribution is 0.0950. The summed E-state index contributed by atoms with van der Waals surface area (Å²) >= 11 is 1.68. The van der Waals surface area contributed by atoms with Crippen molar-refractivity contribution in [3.05, 3.63) is 33.8 Å². The second kappa shape index (κ2) is 5.01. The number of nitrogen functional groups attached to an aromatic ring is 1. The van der Waals surface area contributed by atoms with Crippen molar-refractivity contribution >= 4 is 22.9 Å². The van der Waals surface area contributed by atoms with Crippen molar-refractivity contribution in [1.82, 2.24) is 15.5 Å². The molecule has 2 rings (SSSR count). The Morgan fingerprint density at radius 1 is 1.65 bits per heavy atom. The van der Waals surface area contributed by atoms with Gasteiger partial charge in [0.1, 0.15) is 0 Å². The number of hydrogen-bond donors (Lipinski definition) is 3. The highest BCUT2D eigenvalue weighted by Gasteiger charge is 2.14. The Bertz CT molecular complexity index is 504. The molecule has 0 atom stereocenters. The summed E-state index contributed by atoms with van der Waals surface area (Å²) in [6.07, 6.45) is 0.826. The van der Waals surface area contributed by atoms with Crippen LogP contribution in [0.25, 0.3) is 0 Å². The van der Waals surface area contributed by atoms with Gasteiger partial charge < -0.3 is 11.1 Å². The standard InChI is InChI=1S/C11H14N4OS/c1-7-9(12)10(15-14-7)11(16)13-5-4-8-3-2-6-17-8/h2-3,6H,4-5,12H2,1H3,(H,13,16)(H,14,15). The van der Waals surface area contributed by atoms with E-state index in [1.165, 1.54) is 4.88 Å². The third-order valence-corrected chi connectivity index (χ3v) is 3.38. The van der Waals surface area contributed by atoms with E-state index in [0.717, 1.165) is 6.42 Å². The van der Waals surface area contributed by atoms with Gasteiger partial charge in [-0.1, -0.05) is 6.07 Å². The SMILES string of the molecule is Cc1[nH]nc(C(=O)NCCc2cccs2)c1N. The average Bonchev–Trinajstić information content (AvgIpc) is 2.91. The zero-order valence-corrected chi connectivity index (χ0v) is 10.3. The second-order valence-electron chi connectivity index (χ2n) is 3.70. The van der Waals surface area contributed by atoms with Gasteiger partial charge in [-0.2, -0.15) is 5.10 Å². The number of carbonyl (C=O) groups excluding carboxylic acids is 1. The predicted octanol–water partition coefficient (Wildman–Crippen LogP) is 1.33. The molecule has 0 saturated heterocycles. The van der Waals surface area contributed by atoms with Gasteiger partial charge in [0.15, 0.2) is 5.69 Å². The molecule has 1 amide bonds. The Morgan fingerprint density at radius 2 is 2.47 bits per heavy atom. The summed E-state index contributed by atoms with van der Waals surface area (Å²) in [5.41, 5.74) is 7.12. The lowest BCUT2D eigenvalue weighted by atomic mass is 10.3. The highest BCUT2D eigenvalue weighted by Crippen LogP contribution is 2.12. The maximum absolute atomic E-state index is 11.7. The first kappa shape index (κ1) is 11.7. The van der Waals surface area contributed by atoms with Crippen molar-refractivity contribution in [2.45, 2.75) is 13.3 Å². The molecule has 17 heavy (non-hydrogen) atoms. The number of nitrogens with one attached hydrogen (secondary N) is 2. The van der Waals surface area contributed by atoms with Gasteiger partial charge in [-0.25, -0.2) is 0 Å². The zero-order valence-electron chi connectivity index (χ0n) is 9.49. The number of amides is 1. The van der Waals surface area contributed by atoms with E-state index >= 15 is 0 Å². The molecular weight excluding hydrogens is 236 g/mol. The molecule has 0 saturated carbocycles. The molecule has 90 valence electrons. The van der Waals surface area contributed by atoms with Crippen LogP contribution in [0.1, 0.15) is 21.1 Å². The van der Waals surface area contributed by atoms with Crippen molar-refractivity contribution in [1.29, 1.82) is 0 Å². The molecule has 0 fully saturated rings. The number of aromatic nitrogens is 2. The van der Waals surface area contributed by atoms with Crippen LogP contribution in [0, 0.1) is 6.92 Å². The van der Waals surface area contributed by atoms with Crippen LogP contribution < -0.4 is 11.1 Å². The molecule has 6 heteroatoms. The highest BCUT2D eigenvalue weighted by molar-refractivity contribution is 7.09. The van der Waals surface area contributed by atoms with Crippen LogP contribution in [0.2, 0.25) is 0 Å². The average molecular weight is 250 g/mol. The minimum Gasteiger partial charge on any atom is -0.395 e. The molecule has 0 unspecified atom stereocenters. The van der Waals surface area contributed by atoms with E-state index in [1.54, 1.807) is 18.3 Å². The number of aromatic amines is 1. The van der Waals surface area contributed by atoms with Crippen LogP contribution in [0.5, 0.6) is 0 Å². The third kappa shape index (κ3) is 2.65. The molecule has 5 nitrogen and oxygen atoms in total. The molecule has 0 aliphatic rings. The van der Waals surface area contributed by atoms with Gasteiger partial charge >= 0.3 is 0 Å². The number of carbonyl (C=O) groups is 1. The monoisotopic (exact) mass is 250 g/mol. The Balaban J connectivity index is 1.87. The van der Waals surface area contributed by atoms with Gasteiger partial charge in [0.05, 0.1) is 11.4 Å². The first-order valence-electron chi connectivity index (χ1n) is 5.29. The number of anilines is 1. The summed E-state index contributed by atoms with van der Waals surface area (Å²) in [4.78, 5) is 13.0. The van der Waals surface area contributed by atoms with Crippen molar-refractivity contribution in [3.63, 3.8) is 0 Å². The van der Waals surface area contributed by atoms with Crippen LogP contribution in [0.3, 0.4) is 0 Å². The molecule has 0 bridgehead atoms. The van der Waals surface area contributed by atoms with E-state index in [1.807, 2.05) is 17.5 Å². The highest BCUT2D eigenvalue weighted by atomic mass is 32.1. The smallest absolute Gasteiger partial charge is 0.273 e. The Morgan fingerprint density at radius 3 is 3.06 bits per heavy atom. The number of aryl methyl sites for hydroxylation is 1. The molecule has 4 N–H and O–H groups in total. The van der Waals surface area contributed by atoms with Gasteiger partial charge in [0.2, 0.25) is 0 Å². The largest absolute Gasteiger partial charge is 0.395 e. The summed E-state index contributed by atoms with van der Waals surface area (Å²) in [5.74, 6) is -0.233. The lowest BCUT2D eigenvalue weighted by Crippen LogP contribution is -2.26. The number of nitrogens with zero attached hydrogens (tertiary/aromatic N) is 1. The maximum atomic E-state index is 11.7. The van der Waals surface area contributed by atoms with E-state index in [-0.39, 0.29) is 11.6 Å². The number of rotatable bonds is 4. The molecule has 0 aliphatic heterocycles. The van der Waals surface area contributed by atoms with Crippen molar-refractivity contribution in [2.24, 2.45) is 0 Å². The summed E-state index contributed by atoms with van der Waals surface area (Å²) in [6, 6.07) is 4.04. The van der Waals surface area contributed by atoms with Gasteiger partial charge in [0.25, 0.3) is 5.91 Å². The van der Waals surface area contributed by atoms with E-state index < -0.39 is 0 Å².